The largest absolute Gasteiger partial charge is 0.480 e. The van der Waals surface area contributed by atoms with Crippen molar-refractivity contribution in [2.45, 2.75) is 33.0 Å². The van der Waals surface area contributed by atoms with E-state index in [0.717, 1.165) is 16.9 Å². The lowest BCUT2D eigenvalue weighted by atomic mass is 10.2. The van der Waals surface area contributed by atoms with E-state index in [-0.39, 0.29) is 5.91 Å². The summed E-state index contributed by atoms with van der Waals surface area (Å²) in [5.74, 6) is 0.642. The Balaban J connectivity index is 1.71. The van der Waals surface area contributed by atoms with E-state index in [1.807, 2.05) is 68.4 Å². The third-order valence-corrected chi connectivity index (χ3v) is 3.68. The van der Waals surface area contributed by atoms with E-state index in [0.29, 0.717) is 26.2 Å². The lowest BCUT2D eigenvalue weighted by molar-refractivity contribution is -0.128. The maximum Gasteiger partial charge on any atom is 0.261 e. The van der Waals surface area contributed by atoms with Crippen LogP contribution in [0, 0.1) is 6.92 Å². The fourth-order valence-corrected chi connectivity index (χ4v) is 2.29. The van der Waals surface area contributed by atoms with Crippen molar-refractivity contribution in [2.75, 3.05) is 13.2 Å². The van der Waals surface area contributed by atoms with Gasteiger partial charge in [-0.2, -0.15) is 0 Å². The molecule has 0 saturated carbocycles. The van der Waals surface area contributed by atoms with Crippen LogP contribution >= 0.6 is 0 Å². The average Bonchev–Trinajstić information content (AvgIpc) is 2.61. The number of rotatable bonds is 9. The van der Waals surface area contributed by atoms with Crippen LogP contribution in [0.15, 0.2) is 54.6 Å². The van der Waals surface area contributed by atoms with Crippen molar-refractivity contribution in [1.29, 1.82) is 0 Å². The summed E-state index contributed by atoms with van der Waals surface area (Å²) < 4.78 is 11.4. The van der Waals surface area contributed by atoms with Gasteiger partial charge < -0.3 is 14.8 Å². The number of hydrogen-bond donors (Lipinski definition) is 1. The molecule has 0 aliphatic carbocycles. The van der Waals surface area contributed by atoms with Gasteiger partial charge >= 0.3 is 0 Å². The van der Waals surface area contributed by atoms with Gasteiger partial charge in [-0.25, -0.2) is 0 Å². The number of para-hydroxylation sites is 1. The van der Waals surface area contributed by atoms with Crippen molar-refractivity contribution in [3.05, 3.63) is 65.7 Å². The van der Waals surface area contributed by atoms with Crippen LogP contribution in [0.2, 0.25) is 0 Å². The molecule has 1 atom stereocenters. The van der Waals surface area contributed by atoms with Gasteiger partial charge in [0.05, 0.1) is 13.2 Å². The van der Waals surface area contributed by atoms with Crippen molar-refractivity contribution < 1.29 is 14.3 Å². The molecule has 2 rings (SSSR count). The summed E-state index contributed by atoms with van der Waals surface area (Å²) in [4.78, 5) is 12.2. The molecule has 24 heavy (non-hydrogen) atoms. The molecular weight excluding hydrogens is 302 g/mol. The number of ether oxygens (including phenoxy) is 2. The highest BCUT2D eigenvalue weighted by Gasteiger charge is 2.18. The molecule has 0 radical (unpaired) electrons. The standard InChI is InChI=1S/C20H25NO3/c1-3-18(24-19-12-8-7-9-16(19)2)20(22)21-13-14-23-15-17-10-5-4-6-11-17/h4-12,18H,3,13-15H2,1-2H3,(H,21,22)/t18-/m1/s1. The normalized spacial score (nSPS) is 11.8. The van der Waals surface area contributed by atoms with E-state index in [9.17, 15) is 4.79 Å². The van der Waals surface area contributed by atoms with Crippen LogP contribution in [0.1, 0.15) is 24.5 Å². The van der Waals surface area contributed by atoms with E-state index in [1.165, 1.54) is 0 Å². The molecule has 2 aromatic carbocycles. The van der Waals surface area contributed by atoms with Crippen LogP contribution in [-0.4, -0.2) is 25.2 Å². The maximum atomic E-state index is 12.2. The van der Waals surface area contributed by atoms with Crippen molar-refractivity contribution in [1.82, 2.24) is 5.32 Å². The van der Waals surface area contributed by atoms with Crippen molar-refractivity contribution >= 4 is 5.91 Å². The molecule has 2 aromatic rings. The first-order valence-electron chi connectivity index (χ1n) is 8.32. The predicted molar refractivity (Wildman–Crippen MR) is 95.0 cm³/mol. The summed E-state index contributed by atoms with van der Waals surface area (Å²) in [6, 6.07) is 17.7. The molecule has 0 heterocycles. The Morgan fingerprint density at radius 2 is 1.79 bits per heavy atom. The molecule has 0 aromatic heterocycles. The molecule has 0 bridgehead atoms. The van der Waals surface area contributed by atoms with Crippen LogP contribution in [-0.2, 0) is 16.1 Å². The number of aryl methyl sites for hydroxylation is 1. The molecule has 0 aliphatic heterocycles. The number of carbonyl (C=O) groups excluding carboxylic acids is 1. The molecular formula is C20H25NO3. The van der Waals surface area contributed by atoms with Gasteiger partial charge in [0.25, 0.3) is 5.91 Å². The van der Waals surface area contributed by atoms with Gasteiger partial charge in [-0.3, -0.25) is 4.79 Å². The van der Waals surface area contributed by atoms with E-state index >= 15 is 0 Å². The summed E-state index contributed by atoms with van der Waals surface area (Å²) in [5.41, 5.74) is 2.15. The quantitative estimate of drug-likeness (QED) is 0.717. The number of hydrogen-bond acceptors (Lipinski definition) is 3. The first-order valence-corrected chi connectivity index (χ1v) is 8.32. The maximum absolute atomic E-state index is 12.2. The molecule has 128 valence electrons. The number of amides is 1. The Labute approximate surface area is 143 Å². The van der Waals surface area contributed by atoms with Crippen molar-refractivity contribution in [3.8, 4) is 5.75 Å². The summed E-state index contributed by atoms with van der Waals surface area (Å²) in [6.07, 6.45) is 0.130. The molecule has 4 heteroatoms. The van der Waals surface area contributed by atoms with Gasteiger partial charge in [0, 0.05) is 6.54 Å². The lowest BCUT2D eigenvalue weighted by Crippen LogP contribution is -2.39. The Bertz CT molecular complexity index is 628. The second kappa shape index (κ2) is 9.73. The Kier molecular flexibility index (Phi) is 7.30. The summed E-state index contributed by atoms with van der Waals surface area (Å²) >= 11 is 0. The zero-order valence-electron chi connectivity index (χ0n) is 14.3. The highest BCUT2D eigenvalue weighted by Crippen LogP contribution is 2.18. The van der Waals surface area contributed by atoms with Gasteiger partial charge in [-0.15, -0.1) is 0 Å². The Morgan fingerprint density at radius 3 is 2.50 bits per heavy atom. The fourth-order valence-electron chi connectivity index (χ4n) is 2.29. The smallest absolute Gasteiger partial charge is 0.261 e. The number of nitrogens with one attached hydrogen (secondary N) is 1. The summed E-state index contributed by atoms with van der Waals surface area (Å²) in [7, 11) is 0. The monoisotopic (exact) mass is 327 g/mol. The van der Waals surface area contributed by atoms with E-state index in [4.69, 9.17) is 9.47 Å². The topological polar surface area (TPSA) is 47.6 Å². The van der Waals surface area contributed by atoms with Crippen LogP contribution in [0.5, 0.6) is 5.75 Å². The van der Waals surface area contributed by atoms with Crippen LogP contribution < -0.4 is 10.1 Å². The Hall–Kier alpha value is -2.33. The zero-order chi connectivity index (χ0) is 17.2. The molecule has 1 N–H and O–H groups in total. The number of benzene rings is 2. The second-order valence-corrected chi connectivity index (χ2v) is 5.61. The minimum atomic E-state index is -0.486. The van der Waals surface area contributed by atoms with Gasteiger partial charge in [0.2, 0.25) is 0 Å². The Morgan fingerprint density at radius 1 is 1.08 bits per heavy atom. The number of carbonyl (C=O) groups is 1. The van der Waals surface area contributed by atoms with Crippen molar-refractivity contribution in [2.24, 2.45) is 0 Å². The first kappa shape index (κ1) is 18.0. The third kappa shape index (κ3) is 5.70. The van der Waals surface area contributed by atoms with E-state index in [2.05, 4.69) is 5.32 Å². The van der Waals surface area contributed by atoms with Crippen molar-refractivity contribution in [3.63, 3.8) is 0 Å². The van der Waals surface area contributed by atoms with Gasteiger partial charge in [-0.1, -0.05) is 55.5 Å². The molecule has 0 aliphatic rings. The van der Waals surface area contributed by atoms with Crippen LogP contribution in [0.25, 0.3) is 0 Å². The highest BCUT2D eigenvalue weighted by atomic mass is 16.5. The second-order valence-electron chi connectivity index (χ2n) is 5.61. The van der Waals surface area contributed by atoms with Crippen LogP contribution in [0.3, 0.4) is 0 Å². The predicted octanol–water partition coefficient (Wildman–Crippen LogP) is 3.49. The van der Waals surface area contributed by atoms with Gasteiger partial charge in [-0.05, 0) is 30.5 Å². The molecule has 1 amide bonds. The summed E-state index contributed by atoms with van der Waals surface area (Å²) in [6.45, 7) is 5.40. The van der Waals surface area contributed by atoms with Crippen LogP contribution in [0.4, 0.5) is 0 Å². The lowest BCUT2D eigenvalue weighted by Gasteiger charge is -2.18. The average molecular weight is 327 g/mol. The SMILES string of the molecule is CC[C@@H](Oc1ccccc1C)C(=O)NCCOCc1ccccc1. The summed E-state index contributed by atoms with van der Waals surface area (Å²) in [5, 5.41) is 2.87. The molecule has 4 nitrogen and oxygen atoms in total. The zero-order valence-corrected chi connectivity index (χ0v) is 14.3. The molecule has 0 unspecified atom stereocenters. The highest BCUT2D eigenvalue weighted by molar-refractivity contribution is 5.81. The third-order valence-electron chi connectivity index (χ3n) is 3.68. The molecule has 0 saturated heterocycles. The minimum Gasteiger partial charge on any atom is -0.480 e. The van der Waals surface area contributed by atoms with E-state index < -0.39 is 6.10 Å². The minimum absolute atomic E-state index is 0.107. The molecule has 0 fully saturated rings. The van der Waals surface area contributed by atoms with E-state index in [1.54, 1.807) is 0 Å². The van der Waals surface area contributed by atoms with Gasteiger partial charge in [0.15, 0.2) is 6.10 Å². The first-order chi connectivity index (χ1) is 11.7. The van der Waals surface area contributed by atoms with Gasteiger partial charge in [0.1, 0.15) is 5.75 Å². The fraction of sp³-hybridized carbons (Fsp3) is 0.350. The molecule has 0 spiro atoms.